The van der Waals surface area contributed by atoms with Crippen molar-refractivity contribution in [2.24, 2.45) is 22.7 Å². The molecular weight excluding hydrogens is 312 g/mol. The van der Waals surface area contributed by atoms with Gasteiger partial charge in [0, 0.05) is 11.5 Å². The van der Waals surface area contributed by atoms with Gasteiger partial charge in [-0.2, -0.15) is 0 Å². The SMILES string of the molecule is CC1(C)CCC[C@]2(C)[C@H]3Cc4c(ccc5c4OCO5)O[C@]3(C)CC[C@@H]12. The second kappa shape index (κ2) is 4.86. The molecule has 1 aromatic rings. The zero-order valence-electron chi connectivity index (χ0n) is 16.0. The molecule has 2 fully saturated rings. The van der Waals surface area contributed by atoms with E-state index in [0.29, 0.717) is 23.5 Å². The fourth-order valence-electron chi connectivity index (χ4n) is 6.93. The van der Waals surface area contributed by atoms with Gasteiger partial charge < -0.3 is 14.2 Å². The molecule has 2 heterocycles. The largest absolute Gasteiger partial charge is 0.487 e. The van der Waals surface area contributed by atoms with E-state index in [9.17, 15) is 0 Å². The van der Waals surface area contributed by atoms with Crippen LogP contribution in [0, 0.1) is 22.7 Å². The summed E-state index contributed by atoms with van der Waals surface area (Å²) >= 11 is 0. The summed E-state index contributed by atoms with van der Waals surface area (Å²) in [5.41, 5.74) is 1.96. The minimum absolute atomic E-state index is 0.0562. The molecule has 0 amide bonds. The highest BCUT2D eigenvalue weighted by Gasteiger charge is 2.60. The number of benzene rings is 1. The van der Waals surface area contributed by atoms with E-state index in [-0.39, 0.29) is 5.60 Å². The van der Waals surface area contributed by atoms with Crippen molar-refractivity contribution in [1.82, 2.24) is 0 Å². The summed E-state index contributed by atoms with van der Waals surface area (Å²) in [6, 6.07) is 4.09. The van der Waals surface area contributed by atoms with Gasteiger partial charge in [0.25, 0.3) is 0 Å². The van der Waals surface area contributed by atoms with Crippen molar-refractivity contribution in [2.45, 2.75) is 71.8 Å². The van der Waals surface area contributed by atoms with Gasteiger partial charge in [-0.1, -0.05) is 27.2 Å². The second-order valence-corrected chi connectivity index (χ2v) is 9.89. The molecule has 0 unspecified atom stereocenters. The van der Waals surface area contributed by atoms with Gasteiger partial charge in [0.15, 0.2) is 11.5 Å². The van der Waals surface area contributed by atoms with Gasteiger partial charge in [-0.25, -0.2) is 0 Å². The van der Waals surface area contributed by atoms with E-state index in [1.807, 2.05) is 6.07 Å². The number of ether oxygens (including phenoxy) is 3. The Morgan fingerprint density at radius 2 is 1.72 bits per heavy atom. The summed E-state index contributed by atoms with van der Waals surface area (Å²) in [6.07, 6.45) is 7.53. The molecule has 0 radical (unpaired) electrons. The molecule has 1 aromatic carbocycles. The first-order valence-electron chi connectivity index (χ1n) is 9.94. The molecule has 0 N–H and O–H groups in total. The molecule has 25 heavy (non-hydrogen) atoms. The van der Waals surface area contributed by atoms with Crippen LogP contribution in [0.2, 0.25) is 0 Å². The predicted octanol–water partition coefficient (Wildman–Crippen LogP) is 5.35. The van der Waals surface area contributed by atoms with Crippen LogP contribution in [0.5, 0.6) is 17.2 Å². The van der Waals surface area contributed by atoms with E-state index in [1.165, 1.54) is 31.2 Å². The van der Waals surface area contributed by atoms with Crippen LogP contribution in [-0.2, 0) is 6.42 Å². The highest BCUT2D eigenvalue weighted by atomic mass is 16.7. The first-order chi connectivity index (χ1) is 11.8. The van der Waals surface area contributed by atoms with E-state index in [4.69, 9.17) is 14.2 Å². The third-order valence-electron chi connectivity index (χ3n) is 8.09. The van der Waals surface area contributed by atoms with Gasteiger partial charge in [-0.15, -0.1) is 0 Å². The van der Waals surface area contributed by atoms with E-state index in [2.05, 4.69) is 33.8 Å². The molecule has 0 spiro atoms. The molecule has 2 aliphatic carbocycles. The van der Waals surface area contributed by atoms with E-state index < -0.39 is 0 Å². The Bertz CT molecular complexity index is 724. The first kappa shape index (κ1) is 15.8. The van der Waals surface area contributed by atoms with Crippen LogP contribution < -0.4 is 14.2 Å². The summed E-state index contributed by atoms with van der Waals surface area (Å²) < 4.78 is 18.1. The van der Waals surface area contributed by atoms with Crippen molar-refractivity contribution in [3.63, 3.8) is 0 Å². The maximum atomic E-state index is 6.70. The number of rotatable bonds is 0. The topological polar surface area (TPSA) is 27.7 Å². The van der Waals surface area contributed by atoms with Crippen molar-refractivity contribution in [2.75, 3.05) is 6.79 Å². The van der Waals surface area contributed by atoms with Crippen LogP contribution in [0.15, 0.2) is 12.1 Å². The summed E-state index contributed by atoms with van der Waals surface area (Å²) in [6.45, 7) is 10.2. The summed E-state index contributed by atoms with van der Waals surface area (Å²) in [5.74, 6) is 4.15. The minimum atomic E-state index is -0.0562. The summed E-state index contributed by atoms with van der Waals surface area (Å²) in [4.78, 5) is 0. The van der Waals surface area contributed by atoms with Gasteiger partial charge in [0.1, 0.15) is 11.4 Å². The third kappa shape index (κ3) is 2.04. The Balaban J connectivity index is 1.60. The lowest BCUT2D eigenvalue weighted by atomic mass is 9.44. The molecule has 2 aliphatic heterocycles. The molecule has 0 saturated heterocycles. The fraction of sp³-hybridized carbons (Fsp3) is 0.727. The second-order valence-electron chi connectivity index (χ2n) is 9.89. The molecule has 3 heteroatoms. The Morgan fingerprint density at radius 1 is 0.920 bits per heavy atom. The van der Waals surface area contributed by atoms with Crippen LogP contribution in [0.3, 0.4) is 0 Å². The zero-order chi connectivity index (χ0) is 17.4. The molecule has 4 aliphatic rings. The highest BCUT2D eigenvalue weighted by molar-refractivity contribution is 5.56. The van der Waals surface area contributed by atoms with Crippen molar-refractivity contribution < 1.29 is 14.2 Å². The Hall–Kier alpha value is -1.38. The zero-order valence-corrected chi connectivity index (χ0v) is 16.0. The van der Waals surface area contributed by atoms with Crippen LogP contribution in [-0.4, -0.2) is 12.4 Å². The lowest BCUT2D eigenvalue weighted by molar-refractivity contribution is -0.162. The van der Waals surface area contributed by atoms with Crippen molar-refractivity contribution in [3.05, 3.63) is 17.7 Å². The first-order valence-corrected chi connectivity index (χ1v) is 9.94. The van der Waals surface area contributed by atoms with Gasteiger partial charge in [0.2, 0.25) is 6.79 Å². The van der Waals surface area contributed by atoms with Crippen LogP contribution >= 0.6 is 0 Å². The Labute approximate surface area is 151 Å². The molecule has 3 nitrogen and oxygen atoms in total. The number of hydrogen-bond acceptors (Lipinski definition) is 3. The van der Waals surface area contributed by atoms with E-state index in [0.717, 1.165) is 36.0 Å². The van der Waals surface area contributed by atoms with Crippen molar-refractivity contribution >= 4 is 0 Å². The average molecular weight is 342 g/mol. The van der Waals surface area contributed by atoms with E-state index in [1.54, 1.807) is 0 Å². The predicted molar refractivity (Wildman–Crippen MR) is 97.3 cm³/mol. The van der Waals surface area contributed by atoms with E-state index >= 15 is 0 Å². The van der Waals surface area contributed by atoms with Crippen LogP contribution in [0.4, 0.5) is 0 Å². The van der Waals surface area contributed by atoms with Crippen molar-refractivity contribution in [1.29, 1.82) is 0 Å². The van der Waals surface area contributed by atoms with Crippen LogP contribution in [0.25, 0.3) is 0 Å². The van der Waals surface area contributed by atoms with Gasteiger partial charge >= 0.3 is 0 Å². The highest BCUT2D eigenvalue weighted by Crippen LogP contribution is 2.65. The summed E-state index contributed by atoms with van der Waals surface area (Å²) in [5, 5.41) is 0. The standard InChI is InChI=1S/C22H30O3/c1-20(2)9-5-10-21(3)17(20)8-11-22(4)18(21)12-14-15(25-22)6-7-16-19(14)24-13-23-16/h6-7,17-18H,5,8-13H2,1-4H3/t17-,18+,21-,22+/m0/s1. The quantitative estimate of drug-likeness (QED) is 0.636. The minimum Gasteiger partial charge on any atom is -0.487 e. The molecule has 136 valence electrons. The molecule has 4 atom stereocenters. The fourth-order valence-corrected chi connectivity index (χ4v) is 6.93. The Kier molecular flexibility index (Phi) is 3.08. The third-order valence-corrected chi connectivity index (χ3v) is 8.09. The van der Waals surface area contributed by atoms with Gasteiger partial charge in [0.05, 0.1) is 0 Å². The van der Waals surface area contributed by atoms with Gasteiger partial charge in [-0.05, 0) is 67.9 Å². The normalized spacial score (nSPS) is 40.5. The summed E-state index contributed by atoms with van der Waals surface area (Å²) in [7, 11) is 0. The molecule has 5 rings (SSSR count). The number of fused-ring (bicyclic) bond motifs is 6. The Morgan fingerprint density at radius 3 is 2.56 bits per heavy atom. The lowest BCUT2D eigenvalue weighted by Crippen LogP contribution is -2.61. The van der Waals surface area contributed by atoms with Crippen molar-refractivity contribution in [3.8, 4) is 17.2 Å². The molecule has 0 aromatic heterocycles. The maximum Gasteiger partial charge on any atom is 0.231 e. The monoisotopic (exact) mass is 342 g/mol. The molecule has 2 saturated carbocycles. The molecule has 0 bridgehead atoms. The van der Waals surface area contributed by atoms with Gasteiger partial charge in [-0.3, -0.25) is 0 Å². The maximum absolute atomic E-state index is 6.70. The van der Waals surface area contributed by atoms with Crippen LogP contribution in [0.1, 0.15) is 65.4 Å². The average Bonchev–Trinajstić information content (AvgIpc) is 3.01. The molecular formula is C22H30O3. The smallest absolute Gasteiger partial charge is 0.231 e. The number of hydrogen-bond donors (Lipinski definition) is 0. The lowest BCUT2D eigenvalue weighted by Gasteiger charge is -2.63.